The Bertz CT molecular complexity index is 313. The maximum atomic E-state index is 5.94. The number of allylic oxidation sites excluding steroid dienone is 2. The second-order valence-electron chi connectivity index (χ2n) is 5.10. The second-order valence-corrected chi connectivity index (χ2v) is 5.10. The van der Waals surface area contributed by atoms with Crippen molar-refractivity contribution in [2.45, 2.75) is 38.1 Å². The predicted octanol–water partition coefficient (Wildman–Crippen LogP) is 1.58. The molecule has 2 rings (SSSR count). The fraction of sp³-hybridized carbons (Fsp3) is 0.692. The zero-order valence-electron chi connectivity index (χ0n) is 10.4. The minimum atomic E-state index is 0.0101. The molecule has 0 bridgehead atoms. The Kier molecular flexibility index (Phi) is 3.24. The van der Waals surface area contributed by atoms with Crippen LogP contribution in [-0.4, -0.2) is 30.6 Å². The van der Waals surface area contributed by atoms with Gasteiger partial charge in [0.1, 0.15) is 0 Å². The number of likely N-dealkylation sites (tertiary alicyclic amines) is 1. The summed E-state index contributed by atoms with van der Waals surface area (Å²) in [6, 6.07) is 0. The van der Waals surface area contributed by atoms with Crippen molar-refractivity contribution in [3.05, 3.63) is 23.5 Å². The van der Waals surface area contributed by atoms with Gasteiger partial charge in [0.25, 0.3) is 0 Å². The summed E-state index contributed by atoms with van der Waals surface area (Å²) in [5.74, 6) is 0. The summed E-state index contributed by atoms with van der Waals surface area (Å²) in [6.07, 6.45) is 9.17. The lowest BCUT2D eigenvalue weighted by atomic mass is 9.86. The lowest BCUT2D eigenvalue weighted by Crippen LogP contribution is -2.50. The number of nitrogens with one attached hydrogen (secondary N) is 1. The number of nitrogens with zero attached hydrogens (tertiary/aromatic N) is 1. The molecule has 0 aromatic carbocycles. The Morgan fingerprint density at radius 3 is 2.56 bits per heavy atom. The molecular formula is C13H23N3. The first-order chi connectivity index (χ1) is 7.65. The van der Waals surface area contributed by atoms with E-state index in [-0.39, 0.29) is 5.54 Å². The van der Waals surface area contributed by atoms with Crippen molar-refractivity contribution in [1.29, 1.82) is 0 Å². The summed E-state index contributed by atoms with van der Waals surface area (Å²) >= 11 is 0. The average Bonchev–Trinajstić information content (AvgIpc) is 2.30. The zero-order chi connectivity index (χ0) is 11.6. The molecule has 0 aromatic rings. The standard InChI is InChI=1S/C13H23N3/c1-13(15-2)10-11(14)6-7-12(13)16-8-4-3-5-9-16/h6-7,15H,3-5,8-10,14H2,1-2H3. The van der Waals surface area contributed by atoms with Crippen molar-refractivity contribution in [3.8, 4) is 0 Å². The first kappa shape index (κ1) is 11.5. The van der Waals surface area contributed by atoms with E-state index in [1.54, 1.807) is 0 Å². The molecule has 1 saturated heterocycles. The maximum absolute atomic E-state index is 5.94. The molecule has 1 unspecified atom stereocenters. The number of likely N-dealkylation sites (N-methyl/N-ethyl adjacent to an activating group) is 1. The zero-order valence-corrected chi connectivity index (χ0v) is 10.4. The van der Waals surface area contributed by atoms with Gasteiger partial charge in [-0.05, 0) is 45.4 Å². The molecule has 2 aliphatic rings. The topological polar surface area (TPSA) is 41.3 Å². The van der Waals surface area contributed by atoms with Gasteiger partial charge in [-0.15, -0.1) is 0 Å². The van der Waals surface area contributed by atoms with Crippen LogP contribution in [0.15, 0.2) is 23.5 Å². The average molecular weight is 221 g/mol. The highest BCUT2D eigenvalue weighted by Crippen LogP contribution is 2.31. The smallest absolute Gasteiger partial charge is 0.0609 e. The normalized spacial score (nSPS) is 31.0. The minimum Gasteiger partial charge on any atom is -0.402 e. The predicted molar refractivity (Wildman–Crippen MR) is 67.9 cm³/mol. The molecule has 90 valence electrons. The largest absolute Gasteiger partial charge is 0.402 e. The van der Waals surface area contributed by atoms with Crippen molar-refractivity contribution in [2.24, 2.45) is 5.73 Å². The Morgan fingerprint density at radius 2 is 1.94 bits per heavy atom. The summed E-state index contributed by atoms with van der Waals surface area (Å²) in [4.78, 5) is 2.52. The van der Waals surface area contributed by atoms with Crippen LogP contribution in [0.25, 0.3) is 0 Å². The molecule has 1 fully saturated rings. The van der Waals surface area contributed by atoms with Crippen molar-refractivity contribution in [2.75, 3.05) is 20.1 Å². The van der Waals surface area contributed by atoms with Crippen LogP contribution in [-0.2, 0) is 0 Å². The lowest BCUT2D eigenvalue weighted by Gasteiger charge is -2.43. The van der Waals surface area contributed by atoms with Gasteiger partial charge in [-0.1, -0.05) is 0 Å². The number of hydrogen-bond donors (Lipinski definition) is 2. The van der Waals surface area contributed by atoms with Crippen LogP contribution >= 0.6 is 0 Å². The summed E-state index contributed by atoms with van der Waals surface area (Å²) in [5.41, 5.74) is 8.32. The highest BCUT2D eigenvalue weighted by atomic mass is 15.2. The summed E-state index contributed by atoms with van der Waals surface area (Å²) in [5, 5.41) is 3.43. The Hall–Kier alpha value is -0.960. The first-order valence-corrected chi connectivity index (χ1v) is 6.26. The summed E-state index contributed by atoms with van der Waals surface area (Å²) < 4.78 is 0. The summed E-state index contributed by atoms with van der Waals surface area (Å²) in [7, 11) is 2.02. The fourth-order valence-corrected chi connectivity index (χ4v) is 2.73. The van der Waals surface area contributed by atoms with Gasteiger partial charge >= 0.3 is 0 Å². The molecule has 3 heteroatoms. The van der Waals surface area contributed by atoms with E-state index in [4.69, 9.17) is 5.73 Å². The third-order valence-electron chi connectivity index (χ3n) is 3.83. The van der Waals surface area contributed by atoms with Crippen LogP contribution in [0.3, 0.4) is 0 Å². The van der Waals surface area contributed by atoms with Crippen LogP contribution < -0.4 is 11.1 Å². The molecule has 1 heterocycles. The molecule has 1 aliphatic heterocycles. The van der Waals surface area contributed by atoms with Gasteiger partial charge in [0.05, 0.1) is 5.54 Å². The molecule has 3 N–H and O–H groups in total. The van der Waals surface area contributed by atoms with Crippen LogP contribution in [0.5, 0.6) is 0 Å². The van der Waals surface area contributed by atoms with Crippen LogP contribution in [0.4, 0.5) is 0 Å². The quantitative estimate of drug-likeness (QED) is 0.744. The van der Waals surface area contributed by atoms with Crippen molar-refractivity contribution in [1.82, 2.24) is 10.2 Å². The van der Waals surface area contributed by atoms with Gasteiger partial charge in [-0.25, -0.2) is 0 Å². The van der Waals surface area contributed by atoms with Crippen LogP contribution in [0, 0.1) is 0 Å². The molecule has 0 saturated carbocycles. The van der Waals surface area contributed by atoms with E-state index in [1.807, 2.05) is 7.05 Å². The fourth-order valence-electron chi connectivity index (χ4n) is 2.73. The van der Waals surface area contributed by atoms with E-state index in [1.165, 1.54) is 38.0 Å². The first-order valence-electron chi connectivity index (χ1n) is 6.26. The third kappa shape index (κ3) is 2.09. The second kappa shape index (κ2) is 4.50. The van der Waals surface area contributed by atoms with E-state index < -0.39 is 0 Å². The van der Waals surface area contributed by atoms with Crippen molar-refractivity contribution >= 4 is 0 Å². The van der Waals surface area contributed by atoms with Crippen LogP contribution in [0.2, 0.25) is 0 Å². The van der Waals surface area contributed by atoms with E-state index in [0.717, 1.165) is 12.1 Å². The van der Waals surface area contributed by atoms with Gasteiger partial charge in [0, 0.05) is 30.9 Å². The lowest BCUT2D eigenvalue weighted by molar-refractivity contribution is 0.228. The van der Waals surface area contributed by atoms with Gasteiger partial charge in [0.15, 0.2) is 0 Å². The molecule has 1 aliphatic carbocycles. The highest BCUT2D eigenvalue weighted by Gasteiger charge is 2.33. The number of rotatable bonds is 2. The minimum absolute atomic E-state index is 0.0101. The molecule has 0 radical (unpaired) electrons. The number of nitrogens with two attached hydrogens (primary N) is 1. The molecule has 3 nitrogen and oxygen atoms in total. The molecule has 1 atom stereocenters. The van der Waals surface area contributed by atoms with E-state index >= 15 is 0 Å². The molecule has 0 amide bonds. The Balaban J connectivity index is 2.21. The van der Waals surface area contributed by atoms with E-state index in [2.05, 4.69) is 29.3 Å². The Morgan fingerprint density at radius 1 is 1.25 bits per heavy atom. The SMILES string of the molecule is CNC1(C)CC(N)=CC=C1N1CCCCC1. The summed E-state index contributed by atoms with van der Waals surface area (Å²) in [6.45, 7) is 4.63. The monoisotopic (exact) mass is 221 g/mol. The van der Waals surface area contributed by atoms with Crippen LogP contribution in [0.1, 0.15) is 32.6 Å². The molecule has 16 heavy (non-hydrogen) atoms. The van der Waals surface area contributed by atoms with Gasteiger partial charge < -0.3 is 16.0 Å². The number of hydrogen-bond acceptors (Lipinski definition) is 3. The van der Waals surface area contributed by atoms with E-state index in [0.29, 0.717) is 0 Å². The molecule has 0 spiro atoms. The highest BCUT2D eigenvalue weighted by molar-refractivity contribution is 5.32. The Labute approximate surface area is 98.4 Å². The molecular weight excluding hydrogens is 198 g/mol. The van der Waals surface area contributed by atoms with Crippen molar-refractivity contribution < 1.29 is 0 Å². The van der Waals surface area contributed by atoms with Gasteiger partial charge in [0.2, 0.25) is 0 Å². The maximum Gasteiger partial charge on any atom is 0.0609 e. The van der Waals surface area contributed by atoms with Gasteiger partial charge in [-0.2, -0.15) is 0 Å². The van der Waals surface area contributed by atoms with E-state index in [9.17, 15) is 0 Å². The third-order valence-corrected chi connectivity index (χ3v) is 3.83. The number of piperidine rings is 1. The molecule has 0 aromatic heterocycles. The van der Waals surface area contributed by atoms with Crippen molar-refractivity contribution in [3.63, 3.8) is 0 Å². The van der Waals surface area contributed by atoms with Gasteiger partial charge in [-0.3, -0.25) is 0 Å².